The van der Waals surface area contributed by atoms with E-state index >= 15 is 0 Å². The van der Waals surface area contributed by atoms with Crippen LogP contribution in [0.1, 0.15) is 24.7 Å². The van der Waals surface area contributed by atoms with Crippen LogP contribution in [0.4, 0.5) is 0 Å². The van der Waals surface area contributed by atoms with E-state index in [2.05, 4.69) is 31.1 Å². The van der Waals surface area contributed by atoms with Crippen molar-refractivity contribution in [3.8, 4) is 22.8 Å². The maximum atomic E-state index is 6.77. The number of halogens is 1. The summed E-state index contributed by atoms with van der Waals surface area (Å²) in [4.78, 5) is 19.6. The molecular weight excluding hydrogens is 490 g/mol. The highest BCUT2D eigenvalue weighted by molar-refractivity contribution is 6.36. The molecule has 0 unspecified atom stereocenters. The normalized spacial score (nSPS) is 17.5. The SMILES string of the molecule is Cc1nc2ccc(Oc3ccc4ncc(-c5cnn(C6CN(C7CCOCC7)C6)c5)nc4c3Cl)cc2[nH]1. The Morgan fingerprint density at radius 2 is 1.86 bits per heavy atom. The summed E-state index contributed by atoms with van der Waals surface area (Å²) in [5.41, 5.74) is 4.75. The Bertz CT molecular complexity index is 1600. The van der Waals surface area contributed by atoms with Crippen molar-refractivity contribution in [2.75, 3.05) is 26.3 Å². The lowest BCUT2D eigenvalue weighted by Gasteiger charge is -2.45. The molecule has 2 aliphatic heterocycles. The highest BCUT2D eigenvalue weighted by Gasteiger charge is 2.34. The molecule has 2 aliphatic rings. The number of aromatic amines is 1. The van der Waals surface area contributed by atoms with Crippen LogP contribution in [0.5, 0.6) is 11.5 Å². The van der Waals surface area contributed by atoms with Gasteiger partial charge in [0.2, 0.25) is 0 Å². The predicted octanol–water partition coefficient (Wildman–Crippen LogP) is 5.16. The molecule has 10 heteroatoms. The molecule has 0 aliphatic carbocycles. The van der Waals surface area contributed by atoms with Gasteiger partial charge in [0.1, 0.15) is 27.9 Å². The minimum Gasteiger partial charge on any atom is -0.456 e. The Morgan fingerprint density at radius 1 is 1.03 bits per heavy atom. The number of nitrogens with one attached hydrogen (secondary N) is 1. The number of fused-ring (bicyclic) bond motifs is 2. The minimum absolute atomic E-state index is 0.379. The van der Waals surface area contributed by atoms with Crippen molar-refractivity contribution in [1.82, 2.24) is 34.6 Å². The molecule has 0 amide bonds. The third kappa shape index (κ3) is 4.22. The first kappa shape index (κ1) is 22.7. The summed E-state index contributed by atoms with van der Waals surface area (Å²) < 4.78 is 13.7. The fourth-order valence-electron chi connectivity index (χ4n) is 5.22. The summed E-state index contributed by atoms with van der Waals surface area (Å²) in [5.74, 6) is 2.05. The van der Waals surface area contributed by atoms with Crippen LogP contribution in [0.3, 0.4) is 0 Å². The van der Waals surface area contributed by atoms with Crippen molar-refractivity contribution in [1.29, 1.82) is 0 Å². The lowest BCUT2D eigenvalue weighted by molar-refractivity contribution is -0.0138. The molecule has 7 rings (SSSR count). The van der Waals surface area contributed by atoms with E-state index in [9.17, 15) is 0 Å². The maximum Gasteiger partial charge on any atom is 0.148 e. The van der Waals surface area contributed by atoms with E-state index < -0.39 is 0 Å². The highest BCUT2D eigenvalue weighted by Crippen LogP contribution is 2.36. The molecule has 5 aromatic rings. The van der Waals surface area contributed by atoms with E-state index in [-0.39, 0.29) is 0 Å². The second-order valence-corrected chi connectivity index (χ2v) is 10.1. The molecule has 0 radical (unpaired) electrons. The summed E-state index contributed by atoms with van der Waals surface area (Å²) >= 11 is 6.77. The van der Waals surface area contributed by atoms with E-state index in [1.165, 1.54) is 0 Å². The third-order valence-electron chi connectivity index (χ3n) is 7.29. The smallest absolute Gasteiger partial charge is 0.148 e. The monoisotopic (exact) mass is 515 g/mol. The summed E-state index contributed by atoms with van der Waals surface area (Å²) in [7, 11) is 0. The molecular formula is C27H26ClN7O2. The lowest BCUT2D eigenvalue weighted by atomic mass is 10.00. The Labute approximate surface area is 218 Å². The first-order valence-corrected chi connectivity index (χ1v) is 12.9. The van der Waals surface area contributed by atoms with Crippen molar-refractivity contribution in [3.05, 3.63) is 59.8 Å². The Kier molecular flexibility index (Phi) is 5.57. The summed E-state index contributed by atoms with van der Waals surface area (Å²) in [6, 6.07) is 10.4. The predicted molar refractivity (Wildman–Crippen MR) is 141 cm³/mol. The number of benzene rings is 2. The highest BCUT2D eigenvalue weighted by atomic mass is 35.5. The number of ether oxygens (including phenoxy) is 2. The largest absolute Gasteiger partial charge is 0.456 e. The molecule has 2 saturated heterocycles. The Hall–Kier alpha value is -3.53. The van der Waals surface area contributed by atoms with Crippen molar-refractivity contribution in [2.45, 2.75) is 31.8 Å². The van der Waals surface area contributed by atoms with Crippen molar-refractivity contribution in [3.63, 3.8) is 0 Å². The fourth-order valence-corrected chi connectivity index (χ4v) is 5.47. The van der Waals surface area contributed by atoms with Crippen LogP contribution in [0.25, 0.3) is 33.3 Å². The van der Waals surface area contributed by atoms with Crippen LogP contribution >= 0.6 is 11.6 Å². The number of rotatable bonds is 5. The van der Waals surface area contributed by atoms with Gasteiger partial charge in [0.15, 0.2) is 0 Å². The molecule has 0 bridgehead atoms. The number of H-pyrrole nitrogens is 1. The molecule has 188 valence electrons. The second-order valence-electron chi connectivity index (χ2n) is 9.76. The van der Waals surface area contributed by atoms with E-state index in [4.69, 9.17) is 26.1 Å². The zero-order valence-corrected chi connectivity index (χ0v) is 21.1. The molecule has 2 fully saturated rings. The average Bonchev–Trinajstić information content (AvgIpc) is 3.51. The number of aromatic nitrogens is 6. The van der Waals surface area contributed by atoms with E-state index in [0.717, 1.165) is 67.3 Å². The molecule has 0 spiro atoms. The van der Waals surface area contributed by atoms with Crippen molar-refractivity contribution < 1.29 is 9.47 Å². The van der Waals surface area contributed by atoms with E-state index in [0.29, 0.717) is 39.6 Å². The maximum absolute atomic E-state index is 6.77. The summed E-state index contributed by atoms with van der Waals surface area (Å²) in [5, 5.41) is 5.05. The van der Waals surface area contributed by atoms with Crippen LogP contribution in [0, 0.1) is 6.92 Å². The molecule has 1 N–H and O–H groups in total. The fraction of sp³-hybridized carbons (Fsp3) is 0.333. The Balaban J connectivity index is 1.11. The van der Waals surface area contributed by atoms with Gasteiger partial charge in [0, 0.05) is 50.2 Å². The van der Waals surface area contributed by atoms with Gasteiger partial charge in [0.05, 0.1) is 40.7 Å². The standard InChI is InChI=1S/C27H26ClN7O2/c1-16-31-21-3-2-20(10-23(21)32-16)37-25-5-4-22-27(26(25)28)33-24(12-29-22)17-11-30-35(13-17)19-14-34(15-19)18-6-8-36-9-7-18/h2-5,10-13,18-19H,6-9,14-15H2,1H3,(H,31,32). The number of aryl methyl sites for hydroxylation is 1. The first-order valence-electron chi connectivity index (χ1n) is 12.6. The third-order valence-corrected chi connectivity index (χ3v) is 7.65. The zero-order chi connectivity index (χ0) is 24.9. The molecule has 0 atom stereocenters. The summed E-state index contributed by atoms with van der Waals surface area (Å²) in [6.07, 6.45) is 7.91. The molecule has 5 heterocycles. The quantitative estimate of drug-likeness (QED) is 0.345. The van der Waals surface area contributed by atoms with E-state index in [1.807, 2.05) is 48.1 Å². The molecule has 0 saturated carbocycles. The second kappa shape index (κ2) is 9.09. The van der Waals surface area contributed by atoms with Gasteiger partial charge < -0.3 is 14.5 Å². The van der Waals surface area contributed by atoms with Gasteiger partial charge in [-0.15, -0.1) is 0 Å². The van der Waals surface area contributed by atoms with Gasteiger partial charge in [-0.1, -0.05) is 11.6 Å². The van der Waals surface area contributed by atoms with Crippen molar-refractivity contribution in [2.24, 2.45) is 0 Å². The topological polar surface area (TPSA) is 94.0 Å². The Morgan fingerprint density at radius 3 is 2.73 bits per heavy atom. The molecule has 2 aromatic carbocycles. The lowest BCUT2D eigenvalue weighted by Crippen LogP contribution is -2.54. The number of hydrogen-bond donors (Lipinski definition) is 1. The number of nitrogens with zero attached hydrogens (tertiary/aromatic N) is 6. The number of imidazole rings is 1. The summed E-state index contributed by atoms with van der Waals surface area (Å²) in [6.45, 7) is 5.70. The van der Waals surface area contributed by atoms with Gasteiger partial charge in [-0.2, -0.15) is 5.10 Å². The van der Waals surface area contributed by atoms with Crippen LogP contribution in [-0.2, 0) is 4.74 Å². The van der Waals surface area contributed by atoms with E-state index in [1.54, 1.807) is 6.20 Å². The van der Waals surface area contributed by atoms with Gasteiger partial charge >= 0.3 is 0 Å². The van der Waals surface area contributed by atoms with Gasteiger partial charge in [0.25, 0.3) is 0 Å². The van der Waals surface area contributed by atoms with Crippen LogP contribution < -0.4 is 4.74 Å². The number of likely N-dealkylation sites (tertiary alicyclic amines) is 1. The van der Waals surface area contributed by atoms with Crippen LogP contribution in [0.2, 0.25) is 5.02 Å². The van der Waals surface area contributed by atoms with Crippen molar-refractivity contribution >= 4 is 33.7 Å². The van der Waals surface area contributed by atoms with Gasteiger partial charge in [-0.05, 0) is 44.0 Å². The van der Waals surface area contributed by atoms with Crippen LogP contribution in [0.15, 0.2) is 48.9 Å². The molecule has 3 aromatic heterocycles. The zero-order valence-electron chi connectivity index (χ0n) is 20.4. The van der Waals surface area contributed by atoms with Gasteiger partial charge in [-0.3, -0.25) is 14.6 Å². The molecule has 9 nitrogen and oxygen atoms in total. The average molecular weight is 516 g/mol. The first-order chi connectivity index (χ1) is 18.1. The number of hydrogen-bond acceptors (Lipinski definition) is 7. The van der Waals surface area contributed by atoms with Gasteiger partial charge in [-0.25, -0.2) is 9.97 Å². The van der Waals surface area contributed by atoms with Crippen LogP contribution in [-0.4, -0.2) is 67.0 Å². The minimum atomic E-state index is 0.379. The molecule has 37 heavy (non-hydrogen) atoms.